The molecule has 82 valence electrons. The second-order valence-electron chi connectivity index (χ2n) is 3.23. The minimum atomic E-state index is -0.833. The molecule has 0 aromatic heterocycles. The van der Waals surface area contributed by atoms with Crippen LogP contribution < -0.4 is 0 Å². The molecule has 0 aromatic carbocycles. The van der Waals surface area contributed by atoms with Crippen molar-refractivity contribution in [3.05, 3.63) is 0 Å². The number of nitrogens with zero attached hydrogens (tertiary/aromatic N) is 3. The van der Waals surface area contributed by atoms with Crippen molar-refractivity contribution in [3.63, 3.8) is 0 Å². The van der Waals surface area contributed by atoms with Crippen molar-refractivity contribution in [1.82, 2.24) is 9.91 Å². The van der Waals surface area contributed by atoms with E-state index >= 15 is 0 Å². The Morgan fingerprint density at radius 2 is 2.21 bits per heavy atom. The van der Waals surface area contributed by atoms with Crippen molar-refractivity contribution in [1.29, 1.82) is 0 Å². The Morgan fingerprint density at radius 3 is 2.57 bits per heavy atom. The maximum atomic E-state index is 9.00. The van der Waals surface area contributed by atoms with Crippen molar-refractivity contribution in [2.75, 3.05) is 20.3 Å². The molecule has 1 heterocycles. The fourth-order valence-electron chi connectivity index (χ4n) is 0.961. The van der Waals surface area contributed by atoms with Crippen molar-refractivity contribution >= 4 is 12.3 Å². The molecule has 0 unspecified atom stereocenters. The molecule has 0 fully saturated rings. The molecule has 1 aliphatic rings. The Labute approximate surface area is 85.0 Å². The first-order chi connectivity index (χ1) is 6.56. The summed E-state index contributed by atoms with van der Waals surface area (Å²) in [4.78, 5) is 11.1. The van der Waals surface area contributed by atoms with Gasteiger partial charge in [0.05, 0.1) is 0 Å². The van der Waals surface area contributed by atoms with Gasteiger partial charge in [-0.2, -0.15) is 5.10 Å². The maximum Gasteiger partial charge on any atom is 0.300 e. The van der Waals surface area contributed by atoms with Gasteiger partial charge < -0.3 is 10.0 Å². The van der Waals surface area contributed by atoms with Crippen LogP contribution in [-0.2, 0) is 4.79 Å². The first-order valence-corrected chi connectivity index (χ1v) is 4.75. The first kappa shape index (κ1) is 12.7. The average molecular weight is 201 g/mol. The van der Waals surface area contributed by atoms with Gasteiger partial charge in [-0.15, -0.1) is 0 Å². The third-order valence-electron chi connectivity index (χ3n) is 1.57. The summed E-state index contributed by atoms with van der Waals surface area (Å²) in [7, 11) is 2.04. The van der Waals surface area contributed by atoms with Crippen LogP contribution in [0.25, 0.3) is 0 Å². The van der Waals surface area contributed by atoms with E-state index in [4.69, 9.17) is 9.90 Å². The summed E-state index contributed by atoms with van der Waals surface area (Å²) in [6.45, 7) is 5.33. The Bertz CT molecular complexity index is 190. The molecular weight excluding hydrogens is 182 g/mol. The summed E-state index contributed by atoms with van der Waals surface area (Å²) in [6.07, 6.45) is 4.36. The van der Waals surface area contributed by atoms with Gasteiger partial charge in [0.25, 0.3) is 5.97 Å². The van der Waals surface area contributed by atoms with Crippen LogP contribution in [0.4, 0.5) is 0 Å². The lowest BCUT2D eigenvalue weighted by Gasteiger charge is -2.14. The molecule has 14 heavy (non-hydrogen) atoms. The van der Waals surface area contributed by atoms with Crippen molar-refractivity contribution in [3.8, 4) is 0 Å². The van der Waals surface area contributed by atoms with E-state index in [-0.39, 0.29) is 0 Å². The standard InChI is InChI=1S/C7H15N3.C2H4O2/c1-3-4-5-10-7-9(2)6-8-10;1-2(3)4/h6H,3-5,7H2,1-2H3;1H3,(H,3,4). The predicted molar refractivity (Wildman–Crippen MR) is 56.0 cm³/mol. The monoisotopic (exact) mass is 201 g/mol. The molecule has 0 saturated heterocycles. The molecule has 5 heteroatoms. The lowest BCUT2D eigenvalue weighted by atomic mass is 10.3. The fourth-order valence-corrected chi connectivity index (χ4v) is 0.961. The summed E-state index contributed by atoms with van der Waals surface area (Å²) >= 11 is 0. The van der Waals surface area contributed by atoms with Crippen LogP contribution in [0.1, 0.15) is 26.7 Å². The van der Waals surface area contributed by atoms with Gasteiger partial charge in [0.2, 0.25) is 0 Å². The maximum absolute atomic E-state index is 9.00. The summed E-state index contributed by atoms with van der Waals surface area (Å²) in [5, 5.41) is 13.7. The Hall–Kier alpha value is -1.26. The lowest BCUT2D eigenvalue weighted by Crippen LogP contribution is -2.23. The van der Waals surface area contributed by atoms with Crippen molar-refractivity contribution < 1.29 is 9.90 Å². The minimum absolute atomic E-state index is 0.833. The second-order valence-corrected chi connectivity index (χ2v) is 3.23. The van der Waals surface area contributed by atoms with Crippen LogP contribution in [0.15, 0.2) is 5.10 Å². The van der Waals surface area contributed by atoms with E-state index in [1.807, 2.05) is 13.4 Å². The van der Waals surface area contributed by atoms with Crippen LogP contribution in [0.5, 0.6) is 0 Å². The van der Waals surface area contributed by atoms with E-state index in [0.717, 1.165) is 20.1 Å². The molecule has 0 saturated carbocycles. The van der Waals surface area contributed by atoms with Gasteiger partial charge >= 0.3 is 0 Å². The number of hydrazone groups is 1. The first-order valence-electron chi connectivity index (χ1n) is 4.75. The number of carbonyl (C=O) groups is 1. The lowest BCUT2D eigenvalue weighted by molar-refractivity contribution is -0.134. The molecule has 0 radical (unpaired) electrons. The highest BCUT2D eigenvalue weighted by molar-refractivity contribution is 5.62. The zero-order valence-electron chi connectivity index (χ0n) is 9.10. The third-order valence-corrected chi connectivity index (χ3v) is 1.57. The van der Waals surface area contributed by atoms with E-state index in [1.165, 1.54) is 12.8 Å². The van der Waals surface area contributed by atoms with E-state index < -0.39 is 5.97 Å². The third kappa shape index (κ3) is 7.39. The number of hydrogen-bond acceptors (Lipinski definition) is 4. The molecule has 0 amide bonds. The Kier molecular flexibility index (Phi) is 6.53. The normalized spacial score (nSPS) is 13.9. The molecule has 0 aliphatic carbocycles. The molecule has 0 spiro atoms. The Balaban J connectivity index is 0.000000364. The summed E-state index contributed by atoms with van der Waals surface area (Å²) in [6, 6.07) is 0. The van der Waals surface area contributed by atoms with Gasteiger partial charge in [-0.1, -0.05) is 13.3 Å². The number of carboxylic acid groups (broad SMARTS) is 1. The van der Waals surface area contributed by atoms with Gasteiger partial charge in [-0.3, -0.25) is 9.80 Å². The smallest absolute Gasteiger partial charge is 0.300 e. The molecule has 0 atom stereocenters. The summed E-state index contributed by atoms with van der Waals surface area (Å²) < 4.78 is 0. The quantitative estimate of drug-likeness (QED) is 0.741. The van der Waals surface area contributed by atoms with Gasteiger partial charge in [0, 0.05) is 20.5 Å². The van der Waals surface area contributed by atoms with Crippen LogP contribution >= 0.6 is 0 Å². The molecular formula is C9H19N3O2. The van der Waals surface area contributed by atoms with Gasteiger partial charge in [0.1, 0.15) is 13.0 Å². The largest absolute Gasteiger partial charge is 0.481 e. The highest BCUT2D eigenvalue weighted by Crippen LogP contribution is 2.01. The van der Waals surface area contributed by atoms with Crippen molar-refractivity contribution in [2.24, 2.45) is 5.10 Å². The molecule has 1 rings (SSSR count). The van der Waals surface area contributed by atoms with Crippen LogP contribution in [-0.4, -0.2) is 47.6 Å². The van der Waals surface area contributed by atoms with Gasteiger partial charge in [0.15, 0.2) is 0 Å². The highest BCUT2D eigenvalue weighted by Gasteiger charge is 2.07. The van der Waals surface area contributed by atoms with E-state index in [2.05, 4.69) is 21.9 Å². The number of carboxylic acids is 1. The van der Waals surface area contributed by atoms with Crippen molar-refractivity contribution in [2.45, 2.75) is 26.7 Å². The number of unbranched alkanes of at least 4 members (excludes halogenated alkanes) is 1. The van der Waals surface area contributed by atoms with Crippen LogP contribution in [0.2, 0.25) is 0 Å². The van der Waals surface area contributed by atoms with E-state index in [1.54, 1.807) is 0 Å². The van der Waals surface area contributed by atoms with Gasteiger partial charge in [-0.05, 0) is 6.42 Å². The zero-order chi connectivity index (χ0) is 11.0. The topological polar surface area (TPSA) is 56.1 Å². The van der Waals surface area contributed by atoms with Crippen LogP contribution in [0, 0.1) is 0 Å². The molecule has 5 nitrogen and oxygen atoms in total. The zero-order valence-corrected chi connectivity index (χ0v) is 9.10. The minimum Gasteiger partial charge on any atom is -0.481 e. The molecule has 1 N–H and O–H groups in total. The SMILES string of the molecule is CC(=O)O.CCCCN1CN(C)C=N1. The number of aliphatic carboxylic acids is 1. The molecule has 1 aliphatic heterocycles. The number of hydrogen-bond donors (Lipinski definition) is 1. The van der Waals surface area contributed by atoms with Gasteiger partial charge in [-0.25, -0.2) is 0 Å². The van der Waals surface area contributed by atoms with E-state index in [0.29, 0.717) is 0 Å². The molecule has 0 bridgehead atoms. The highest BCUT2D eigenvalue weighted by atomic mass is 16.4. The van der Waals surface area contributed by atoms with Crippen LogP contribution in [0.3, 0.4) is 0 Å². The Morgan fingerprint density at radius 1 is 1.64 bits per heavy atom. The fraction of sp³-hybridized carbons (Fsp3) is 0.778. The predicted octanol–water partition coefficient (Wildman–Crippen LogP) is 1.03. The summed E-state index contributed by atoms with van der Waals surface area (Å²) in [5.41, 5.74) is 0. The summed E-state index contributed by atoms with van der Waals surface area (Å²) in [5.74, 6) is -0.833. The molecule has 0 aromatic rings. The number of rotatable bonds is 3. The van der Waals surface area contributed by atoms with E-state index in [9.17, 15) is 0 Å². The average Bonchev–Trinajstić information content (AvgIpc) is 2.47. The second kappa shape index (κ2) is 7.17.